The van der Waals surface area contributed by atoms with Crippen LogP contribution in [0.25, 0.3) is 0 Å². The standard InChI is InChI=1S/C5H8O2/c1-3-4(2)5(6)7/h1,4H,3H2,2H3,(H,6,7)/t4-/m1/s1. The van der Waals surface area contributed by atoms with Gasteiger partial charge in [-0.1, -0.05) is 6.92 Å². The molecule has 0 saturated heterocycles. The van der Waals surface area contributed by atoms with Gasteiger partial charge < -0.3 is 5.11 Å². The first-order valence-electron chi connectivity index (χ1n) is 2.11. The van der Waals surface area contributed by atoms with Gasteiger partial charge in [0.05, 0.1) is 5.92 Å². The van der Waals surface area contributed by atoms with Crippen LogP contribution in [-0.4, -0.2) is 11.1 Å². The van der Waals surface area contributed by atoms with Crippen LogP contribution in [0.4, 0.5) is 0 Å². The summed E-state index contributed by atoms with van der Waals surface area (Å²) < 4.78 is 0. The van der Waals surface area contributed by atoms with Gasteiger partial charge in [-0.2, -0.15) is 0 Å². The highest BCUT2D eigenvalue weighted by molar-refractivity contribution is 5.69. The second-order valence-electron chi connectivity index (χ2n) is 1.47. The van der Waals surface area contributed by atoms with Crippen molar-refractivity contribution in [2.45, 2.75) is 13.3 Å². The van der Waals surface area contributed by atoms with Gasteiger partial charge in [0.15, 0.2) is 0 Å². The van der Waals surface area contributed by atoms with Gasteiger partial charge in [0.2, 0.25) is 0 Å². The number of aliphatic carboxylic acids is 1. The summed E-state index contributed by atoms with van der Waals surface area (Å²) in [6.07, 6.45) is 0.218. The van der Waals surface area contributed by atoms with Crippen LogP contribution in [0.3, 0.4) is 0 Å². The molecule has 0 spiro atoms. The summed E-state index contributed by atoms with van der Waals surface area (Å²) >= 11 is 0. The molecule has 0 aliphatic carbocycles. The fraction of sp³-hybridized carbons (Fsp3) is 0.600. The summed E-state index contributed by atoms with van der Waals surface area (Å²) in [6, 6.07) is 0. The van der Waals surface area contributed by atoms with E-state index in [1.165, 1.54) is 0 Å². The molecule has 0 fully saturated rings. The van der Waals surface area contributed by atoms with Crippen molar-refractivity contribution in [2.24, 2.45) is 5.92 Å². The summed E-state index contributed by atoms with van der Waals surface area (Å²) in [5.74, 6) is -1.23. The largest absolute Gasteiger partial charge is 0.481 e. The third kappa shape index (κ3) is 2.20. The van der Waals surface area contributed by atoms with Crippen molar-refractivity contribution in [1.29, 1.82) is 0 Å². The summed E-state index contributed by atoms with van der Waals surface area (Å²) in [7, 11) is 0. The quantitative estimate of drug-likeness (QED) is 0.557. The molecule has 40 valence electrons. The van der Waals surface area contributed by atoms with Crippen molar-refractivity contribution in [3.8, 4) is 0 Å². The predicted molar refractivity (Wildman–Crippen MR) is 25.7 cm³/mol. The molecule has 2 heteroatoms. The minimum Gasteiger partial charge on any atom is -0.481 e. The van der Waals surface area contributed by atoms with E-state index in [1.54, 1.807) is 6.92 Å². The smallest absolute Gasteiger partial charge is 0.306 e. The molecule has 2 radical (unpaired) electrons. The summed E-state index contributed by atoms with van der Waals surface area (Å²) in [6.45, 7) is 6.56. The Morgan fingerprint density at radius 2 is 2.43 bits per heavy atom. The molecule has 1 atom stereocenters. The van der Waals surface area contributed by atoms with Crippen molar-refractivity contribution in [1.82, 2.24) is 0 Å². The minimum atomic E-state index is -0.831. The zero-order chi connectivity index (χ0) is 5.86. The lowest BCUT2D eigenvalue weighted by atomic mass is 10.1. The second-order valence-corrected chi connectivity index (χ2v) is 1.47. The molecule has 0 unspecified atom stereocenters. The number of rotatable bonds is 2. The van der Waals surface area contributed by atoms with Gasteiger partial charge in [0.25, 0.3) is 0 Å². The zero-order valence-electron chi connectivity index (χ0n) is 4.22. The van der Waals surface area contributed by atoms with Crippen molar-refractivity contribution < 1.29 is 9.90 Å². The number of carboxylic acids is 1. The molecule has 0 aliphatic heterocycles. The van der Waals surface area contributed by atoms with Gasteiger partial charge in [-0.05, 0) is 13.3 Å². The number of carbonyl (C=O) groups is 1. The van der Waals surface area contributed by atoms with E-state index < -0.39 is 11.9 Å². The van der Waals surface area contributed by atoms with E-state index in [4.69, 9.17) is 12.0 Å². The third-order valence-electron chi connectivity index (χ3n) is 0.775. The fourth-order valence-corrected chi connectivity index (χ4v) is 0.101. The molecule has 0 aliphatic rings. The molecular weight excluding hydrogens is 92.1 g/mol. The highest BCUT2D eigenvalue weighted by Gasteiger charge is 2.05. The molecule has 0 amide bonds. The Morgan fingerprint density at radius 1 is 2.00 bits per heavy atom. The van der Waals surface area contributed by atoms with E-state index >= 15 is 0 Å². The van der Waals surface area contributed by atoms with Crippen molar-refractivity contribution in [3.05, 3.63) is 6.92 Å². The maximum Gasteiger partial charge on any atom is 0.306 e. The van der Waals surface area contributed by atoms with E-state index in [0.29, 0.717) is 0 Å². The van der Waals surface area contributed by atoms with Crippen LogP contribution in [0.2, 0.25) is 0 Å². The molecule has 0 heterocycles. The first-order chi connectivity index (χ1) is 3.18. The lowest BCUT2D eigenvalue weighted by Gasteiger charge is -1.96. The van der Waals surface area contributed by atoms with Crippen LogP contribution in [0.15, 0.2) is 0 Å². The van der Waals surface area contributed by atoms with E-state index in [2.05, 4.69) is 0 Å². The van der Waals surface area contributed by atoms with Gasteiger partial charge in [-0.25, -0.2) is 0 Å². The lowest BCUT2D eigenvalue weighted by Crippen LogP contribution is -2.06. The van der Waals surface area contributed by atoms with E-state index in [0.717, 1.165) is 0 Å². The van der Waals surface area contributed by atoms with Crippen LogP contribution >= 0.6 is 0 Å². The minimum absolute atomic E-state index is 0.218. The summed E-state index contributed by atoms with van der Waals surface area (Å²) in [5, 5.41) is 8.10. The maximum absolute atomic E-state index is 9.85. The van der Waals surface area contributed by atoms with Crippen LogP contribution in [-0.2, 0) is 4.79 Å². The molecule has 7 heavy (non-hydrogen) atoms. The topological polar surface area (TPSA) is 37.3 Å². The monoisotopic (exact) mass is 100 g/mol. The Kier molecular flexibility index (Phi) is 2.41. The molecule has 2 nitrogen and oxygen atoms in total. The predicted octanol–water partition coefficient (Wildman–Crippen LogP) is 0.808. The van der Waals surface area contributed by atoms with Crippen LogP contribution < -0.4 is 0 Å². The maximum atomic E-state index is 9.85. The average Bonchev–Trinajstić information content (AvgIpc) is 1.65. The molecule has 0 saturated carbocycles. The number of hydrogen-bond acceptors (Lipinski definition) is 1. The highest BCUT2D eigenvalue weighted by Crippen LogP contribution is 1.97. The van der Waals surface area contributed by atoms with E-state index in [9.17, 15) is 4.79 Å². The lowest BCUT2D eigenvalue weighted by molar-refractivity contribution is -0.140. The molecule has 0 bridgehead atoms. The first kappa shape index (κ1) is 6.47. The van der Waals surface area contributed by atoms with Crippen molar-refractivity contribution in [2.75, 3.05) is 0 Å². The van der Waals surface area contributed by atoms with Gasteiger partial charge in [0, 0.05) is 0 Å². The zero-order valence-corrected chi connectivity index (χ0v) is 4.22. The molecule has 0 aromatic carbocycles. The molecule has 1 N–H and O–H groups in total. The van der Waals surface area contributed by atoms with E-state index in [-0.39, 0.29) is 6.42 Å². The number of carboxylic acid groups (broad SMARTS) is 1. The Bertz CT molecular complexity index is 68.5. The molecule has 0 aromatic rings. The fourth-order valence-electron chi connectivity index (χ4n) is 0.101. The Labute approximate surface area is 43.2 Å². The van der Waals surface area contributed by atoms with Gasteiger partial charge in [0.1, 0.15) is 0 Å². The Hall–Kier alpha value is -0.530. The first-order valence-corrected chi connectivity index (χ1v) is 2.11. The summed E-state index contributed by atoms with van der Waals surface area (Å²) in [4.78, 5) is 9.85. The van der Waals surface area contributed by atoms with Crippen LogP contribution in [0.1, 0.15) is 13.3 Å². The second kappa shape index (κ2) is 2.61. The van der Waals surface area contributed by atoms with E-state index in [1.807, 2.05) is 0 Å². The van der Waals surface area contributed by atoms with Crippen molar-refractivity contribution in [3.63, 3.8) is 0 Å². The van der Waals surface area contributed by atoms with Gasteiger partial charge in [-0.3, -0.25) is 4.79 Å². The highest BCUT2D eigenvalue weighted by atomic mass is 16.4. The van der Waals surface area contributed by atoms with Crippen LogP contribution in [0.5, 0.6) is 0 Å². The molecule has 0 rings (SSSR count). The SMILES string of the molecule is [CH]C[C@@H](C)C(=O)O. The normalized spacial score (nSPS) is 13.4. The van der Waals surface area contributed by atoms with Crippen molar-refractivity contribution >= 4 is 5.97 Å². The number of hydrogen-bond donors (Lipinski definition) is 1. The third-order valence-corrected chi connectivity index (χ3v) is 0.775. The summed E-state index contributed by atoms with van der Waals surface area (Å²) in [5.41, 5.74) is 0. The Balaban J connectivity index is 3.34. The molecule has 0 aromatic heterocycles. The molecular formula is C5H8O2. The Morgan fingerprint density at radius 3 is 2.43 bits per heavy atom. The van der Waals surface area contributed by atoms with Gasteiger partial charge >= 0.3 is 5.97 Å². The average molecular weight is 100 g/mol. The van der Waals surface area contributed by atoms with Crippen LogP contribution in [0, 0.1) is 12.8 Å². The van der Waals surface area contributed by atoms with Gasteiger partial charge in [-0.15, -0.1) is 0 Å².